The Morgan fingerprint density at radius 2 is 2.39 bits per heavy atom. The molecule has 90 valence electrons. The average molecular weight is 243 g/mol. The number of carbonyl (C=O) groups excluding carboxylic acids is 1. The van der Waals surface area contributed by atoms with Crippen molar-refractivity contribution < 1.29 is 9.53 Å². The molecule has 0 aliphatic carbocycles. The number of rotatable bonds is 3. The van der Waals surface area contributed by atoms with Crippen LogP contribution in [-0.2, 0) is 11.3 Å². The Bertz CT molecular complexity index is 614. The highest BCUT2D eigenvalue weighted by Gasteiger charge is 2.12. The van der Waals surface area contributed by atoms with Gasteiger partial charge in [0.1, 0.15) is 18.1 Å². The van der Waals surface area contributed by atoms with E-state index < -0.39 is 5.97 Å². The average Bonchev–Trinajstić information content (AvgIpc) is 2.87. The third-order valence-electron chi connectivity index (χ3n) is 2.23. The van der Waals surface area contributed by atoms with E-state index in [0.29, 0.717) is 17.8 Å². The summed E-state index contributed by atoms with van der Waals surface area (Å²) in [5, 5.41) is 12.8. The van der Waals surface area contributed by atoms with Gasteiger partial charge in [0, 0.05) is 11.8 Å². The molecule has 0 N–H and O–H groups in total. The van der Waals surface area contributed by atoms with E-state index >= 15 is 0 Å². The quantitative estimate of drug-likeness (QED) is 0.723. The fraction of sp³-hybridized carbons (Fsp3) is 0.182. The van der Waals surface area contributed by atoms with Crippen LogP contribution in [0.5, 0.6) is 0 Å². The maximum Gasteiger partial charge on any atom is 0.377 e. The van der Waals surface area contributed by atoms with Crippen LogP contribution in [0, 0.1) is 11.3 Å². The molecular weight excluding hydrogens is 234 g/mol. The van der Waals surface area contributed by atoms with Crippen LogP contribution >= 0.6 is 0 Å². The van der Waals surface area contributed by atoms with E-state index in [1.165, 1.54) is 18.1 Å². The number of hydrogen-bond acceptors (Lipinski definition) is 6. The molecule has 18 heavy (non-hydrogen) atoms. The monoisotopic (exact) mass is 243 g/mol. The van der Waals surface area contributed by atoms with Gasteiger partial charge in [-0.2, -0.15) is 5.26 Å². The van der Waals surface area contributed by atoms with Crippen molar-refractivity contribution in [1.29, 1.82) is 5.26 Å². The van der Waals surface area contributed by atoms with E-state index in [0.717, 1.165) is 0 Å². The maximum absolute atomic E-state index is 11.2. The summed E-state index contributed by atoms with van der Waals surface area (Å²) < 4.78 is 5.95. The van der Waals surface area contributed by atoms with Crippen LogP contribution in [0.3, 0.4) is 0 Å². The van der Waals surface area contributed by atoms with Gasteiger partial charge in [0.05, 0.1) is 13.7 Å². The highest BCUT2D eigenvalue weighted by Crippen LogP contribution is 2.06. The zero-order valence-corrected chi connectivity index (χ0v) is 9.57. The van der Waals surface area contributed by atoms with Crippen LogP contribution in [0.25, 0.3) is 0 Å². The number of methoxy groups -OCH3 is 1. The third kappa shape index (κ3) is 2.32. The maximum atomic E-state index is 11.2. The van der Waals surface area contributed by atoms with Gasteiger partial charge in [-0.15, -0.1) is 5.10 Å². The molecule has 0 fully saturated rings. The van der Waals surface area contributed by atoms with Crippen molar-refractivity contribution in [3.05, 3.63) is 41.7 Å². The Hall–Kier alpha value is -2.75. The van der Waals surface area contributed by atoms with Gasteiger partial charge in [-0.05, 0) is 6.07 Å². The molecule has 0 saturated carbocycles. The molecule has 0 amide bonds. The van der Waals surface area contributed by atoms with Crippen LogP contribution in [0.1, 0.15) is 21.9 Å². The molecule has 0 atom stereocenters. The third-order valence-corrected chi connectivity index (χ3v) is 2.23. The molecule has 2 heterocycles. The molecule has 7 heteroatoms. The summed E-state index contributed by atoms with van der Waals surface area (Å²) in [5.74, 6) is -0.611. The lowest BCUT2D eigenvalue weighted by atomic mass is 10.2. The Morgan fingerprint density at radius 3 is 3.11 bits per heavy atom. The van der Waals surface area contributed by atoms with E-state index in [1.54, 1.807) is 18.3 Å². The molecule has 0 spiro atoms. The molecule has 0 aromatic carbocycles. The Morgan fingerprint density at radius 1 is 1.56 bits per heavy atom. The molecule has 0 radical (unpaired) electrons. The van der Waals surface area contributed by atoms with E-state index in [4.69, 9.17) is 5.26 Å². The molecule has 0 aliphatic rings. The van der Waals surface area contributed by atoms with Gasteiger partial charge in [-0.3, -0.25) is 0 Å². The van der Waals surface area contributed by atoms with Crippen molar-refractivity contribution in [3.8, 4) is 6.07 Å². The van der Waals surface area contributed by atoms with Crippen molar-refractivity contribution in [3.63, 3.8) is 0 Å². The highest BCUT2D eigenvalue weighted by molar-refractivity contribution is 5.84. The SMILES string of the molecule is COC(=O)c1ncn(Cc2cccnc2C#N)n1. The van der Waals surface area contributed by atoms with Gasteiger partial charge in [0.15, 0.2) is 0 Å². The van der Waals surface area contributed by atoms with Crippen LogP contribution < -0.4 is 0 Å². The second-order valence-electron chi connectivity index (χ2n) is 3.38. The fourth-order valence-electron chi connectivity index (χ4n) is 1.40. The first-order valence-electron chi connectivity index (χ1n) is 5.06. The number of ether oxygens (including phenoxy) is 1. The predicted molar refractivity (Wildman–Crippen MR) is 59.4 cm³/mol. The van der Waals surface area contributed by atoms with Crippen molar-refractivity contribution in [2.24, 2.45) is 0 Å². The van der Waals surface area contributed by atoms with Gasteiger partial charge in [-0.25, -0.2) is 19.4 Å². The molecule has 0 saturated heterocycles. The summed E-state index contributed by atoms with van der Waals surface area (Å²) in [6.45, 7) is 0.320. The van der Waals surface area contributed by atoms with Crippen molar-refractivity contribution in [2.75, 3.05) is 7.11 Å². The van der Waals surface area contributed by atoms with E-state index in [2.05, 4.69) is 19.8 Å². The molecule has 7 nitrogen and oxygen atoms in total. The first-order valence-corrected chi connectivity index (χ1v) is 5.06. The molecular formula is C11H9N5O2. The zero-order chi connectivity index (χ0) is 13.0. The number of pyridine rings is 1. The second-order valence-corrected chi connectivity index (χ2v) is 3.38. The number of nitrogens with zero attached hydrogens (tertiary/aromatic N) is 5. The van der Waals surface area contributed by atoms with Crippen LogP contribution in [-0.4, -0.2) is 32.8 Å². The Labute approximate surface area is 103 Å². The largest absolute Gasteiger partial charge is 0.463 e. The number of carbonyl (C=O) groups is 1. The number of esters is 1. The number of hydrogen-bond donors (Lipinski definition) is 0. The topological polar surface area (TPSA) is 93.7 Å². The minimum atomic E-state index is -0.597. The standard InChI is InChI=1S/C11H9N5O2/c1-18-11(17)10-14-7-16(15-10)6-8-3-2-4-13-9(8)5-12/h2-4,7H,6H2,1H3. The first kappa shape index (κ1) is 11.7. The van der Waals surface area contributed by atoms with E-state index in [-0.39, 0.29) is 5.82 Å². The van der Waals surface area contributed by atoms with Gasteiger partial charge in [-0.1, -0.05) is 6.07 Å². The van der Waals surface area contributed by atoms with Crippen molar-refractivity contribution >= 4 is 5.97 Å². The zero-order valence-electron chi connectivity index (χ0n) is 9.57. The fourth-order valence-corrected chi connectivity index (χ4v) is 1.40. The molecule has 0 unspecified atom stereocenters. The Kier molecular flexibility index (Phi) is 3.29. The summed E-state index contributed by atoms with van der Waals surface area (Å²) in [7, 11) is 1.26. The first-order chi connectivity index (χ1) is 8.74. The summed E-state index contributed by atoms with van der Waals surface area (Å²) >= 11 is 0. The predicted octanol–water partition coefficient (Wildman–Crippen LogP) is 0.380. The van der Waals surface area contributed by atoms with Crippen molar-refractivity contribution in [1.82, 2.24) is 19.7 Å². The van der Waals surface area contributed by atoms with Crippen LogP contribution in [0.4, 0.5) is 0 Å². The Balaban J connectivity index is 2.22. The molecule has 0 bridgehead atoms. The lowest BCUT2D eigenvalue weighted by Gasteiger charge is -2.01. The summed E-state index contributed by atoms with van der Waals surface area (Å²) in [6, 6.07) is 5.49. The number of aromatic nitrogens is 4. The van der Waals surface area contributed by atoms with Gasteiger partial charge in [0.2, 0.25) is 0 Å². The van der Waals surface area contributed by atoms with Gasteiger partial charge in [0.25, 0.3) is 5.82 Å². The van der Waals surface area contributed by atoms with Crippen LogP contribution in [0.2, 0.25) is 0 Å². The smallest absolute Gasteiger partial charge is 0.377 e. The summed E-state index contributed by atoms with van der Waals surface area (Å²) in [6.07, 6.45) is 2.95. The molecule has 0 aliphatic heterocycles. The highest BCUT2D eigenvalue weighted by atomic mass is 16.5. The van der Waals surface area contributed by atoms with Gasteiger partial charge >= 0.3 is 5.97 Å². The number of nitriles is 1. The normalized spacial score (nSPS) is 9.78. The minimum Gasteiger partial charge on any atom is -0.463 e. The second kappa shape index (κ2) is 5.05. The van der Waals surface area contributed by atoms with Crippen LogP contribution in [0.15, 0.2) is 24.7 Å². The van der Waals surface area contributed by atoms with Crippen molar-refractivity contribution in [2.45, 2.75) is 6.54 Å². The molecule has 2 aromatic rings. The van der Waals surface area contributed by atoms with Gasteiger partial charge < -0.3 is 4.74 Å². The summed E-state index contributed by atoms with van der Waals surface area (Å²) in [4.78, 5) is 18.9. The lowest BCUT2D eigenvalue weighted by Crippen LogP contribution is -2.07. The minimum absolute atomic E-state index is 0.0140. The lowest BCUT2D eigenvalue weighted by molar-refractivity contribution is 0.0586. The van der Waals surface area contributed by atoms with E-state index in [9.17, 15) is 4.79 Å². The van der Waals surface area contributed by atoms with E-state index in [1.807, 2.05) is 6.07 Å². The molecule has 2 rings (SSSR count). The summed E-state index contributed by atoms with van der Waals surface area (Å²) in [5.41, 5.74) is 1.04. The molecule has 2 aromatic heterocycles.